The van der Waals surface area contributed by atoms with Gasteiger partial charge in [-0.25, -0.2) is 4.79 Å². The van der Waals surface area contributed by atoms with Crippen molar-refractivity contribution in [2.24, 2.45) is 11.8 Å². The van der Waals surface area contributed by atoms with Crippen LogP contribution in [-0.2, 0) is 9.59 Å². The van der Waals surface area contributed by atoms with Crippen LogP contribution in [0.5, 0.6) is 11.5 Å². The zero-order valence-corrected chi connectivity index (χ0v) is 15.1. The fourth-order valence-corrected chi connectivity index (χ4v) is 3.65. The van der Waals surface area contributed by atoms with Gasteiger partial charge in [0.25, 0.3) is 0 Å². The van der Waals surface area contributed by atoms with Crippen molar-refractivity contribution in [1.82, 2.24) is 5.32 Å². The Morgan fingerprint density at radius 2 is 2.07 bits per heavy atom. The highest BCUT2D eigenvalue weighted by atomic mass is 16.5. The summed E-state index contributed by atoms with van der Waals surface area (Å²) in [5.74, 6) is 0.218. The molecule has 1 aromatic carbocycles. The Balaban J connectivity index is 1.52. The monoisotopic (exact) mass is 363 g/mol. The molecule has 3 aliphatic rings. The number of hydrogen-bond acceptors (Lipinski definition) is 5. The minimum atomic E-state index is -0.458. The van der Waals surface area contributed by atoms with E-state index in [9.17, 15) is 9.59 Å². The van der Waals surface area contributed by atoms with Crippen molar-refractivity contribution < 1.29 is 19.1 Å². The van der Waals surface area contributed by atoms with E-state index < -0.39 is 5.97 Å². The molecule has 5 heteroatoms. The lowest BCUT2D eigenvalue weighted by atomic mass is 9.86. The molecule has 1 aliphatic carbocycles. The third-order valence-electron chi connectivity index (χ3n) is 5.20. The van der Waals surface area contributed by atoms with Gasteiger partial charge in [-0.15, -0.1) is 0 Å². The Hall–Kier alpha value is -2.92. The Morgan fingerprint density at radius 1 is 1.26 bits per heavy atom. The molecule has 1 fully saturated rings. The maximum Gasteiger partial charge on any atom is 0.343 e. The highest BCUT2D eigenvalue weighted by molar-refractivity contribution is 5.93. The number of esters is 2. The Labute approximate surface area is 158 Å². The van der Waals surface area contributed by atoms with Crippen molar-refractivity contribution in [3.05, 3.63) is 71.9 Å². The summed E-state index contributed by atoms with van der Waals surface area (Å²) in [6, 6.07) is 5.25. The van der Waals surface area contributed by atoms with Crippen molar-refractivity contribution in [2.45, 2.75) is 12.8 Å². The van der Waals surface area contributed by atoms with E-state index in [4.69, 9.17) is 9.47 Å². The van der Waals surface area contributed by atoms with Crippen LogP contribution in [0.1, 0.15) is 18.4 Å². The first-order chi connectivity index (χ1) is 13.0. The lowest BCUT2D eigenvalue weighted by Crippen LogP contribution is -2.31. The Kier molecular flexibility index (Phi) is 4.54. The van der Waals surface area contributed by atoms with E-state index in [-0.39, 0.29) is 23.7 Å². The highest BCUT2D eigenvalue weighted by Gasteiger charge is 2.41. The smallest absolute Gasteiger partial charge is 0.343 e. The molecule has 0 amide bonds. The molecule has 4 rings (SSSR count). The summed E-state index contributed by atoms with van der Waals surface area (Å²) >= 11 is 0. The number of hydrogen-bond donors (Lipinski definition) is 1. The predicted molar refractivity (Wildman–Crippen MR) is 101 cm³/mol. The first-order valence-corrected chi connectivity index (χ1v) is 9.03. The number of nitrogens with one attached hydrogen (secondary N) is 1. The minimum Gasteiger partial charge on any atom is -0.426 e. The van der Waals surface area contributed by atoms with E-state index in [0.29, 0.717) is 23.6 Å². The number of fused-ring (bicyclic) bond motifs is 3. The fourth-order valence-electron chi connectivity index (χ4n) is 3.65. The normalized spacial score (nSPS) is 25.7. The van der Waals surface area contributed by atoms with Crippen LogP contribution >= 0.6 is 0 Å². The summed E-state index contributed by atoms with van der Waals surface area (Å²) in [6.07, 6.45) is 9.19. The van der Waals surface area contributed by atoms with Crippen LogP contribution < -0.4 is 14.8 Å². The molecule has 0 saturated carbocycles. The molecule has 3 atom stereocenters. The summed E-state index contributed by atoms with van der Waals surface area (Å²) in [6.45, 7) is 7.27. The topological polar surface area (TPSA) is 64.6 Å². The molecular weight excluding hydrogens is 342 g/mol. The molecule has 5 nitrogen and oxygen atoms in total. The largest absolute Gasteiger partial charge is 0.426 e. The second kappa shape index (κ2) is 7.00. The maximum atomic E-state index is 12.5. The van der Waals surface area contributed by atoms with Crippen molar-refractivity contribution in [3.63, 3.8) is 0 Å². The third kappa shape index (κ3) is 3.38. The number of carbonyl (C=O) groups is 2. The molecule has 1 aromatic rings. The van der Waals surface area contributed by atoms with Crippen LogP contribution in [0.15, 0.2) is 66.3 Å². The quantitative estimate of drug-likeness (QED) is 0.508. The molecule has 138 valence electrons. The molecule has 27 heavy (non-hydrogen) atoms. The second-order valence-corrected chi connectivity index (χ2v) is 7.12. The summed E-state index contributed by atoms with van der Waals surface area (Å²) < 4.78 is 11.0. The summed E-state index contributed by atoms with van der Waals surface area (Å²) in [5, 5.41) is 3.23. The number of ether oxygens (including phenoxy) is 2. The van der Waals surface area contributed by atoms with E-state index in [2.05, 4.69) is 11.9 Å². The van der Waals surface area contributed by atoms with Gasteiger partial charge in [0.05, 0.1) is 11.5 Å². The van der Waals surface area contributed by atoms with Crippen LogP contribution in [0.4, 0.5) is 0 Å². The van der Waals surface area contributed by atoms with Crippen LogP contribution in [0.2, 0.25) is 0 Å². The molecule has 0 aromatic heterocycles. The molecule has 0 spiro atoms. The van der Waals surface area contributed by atoms with Crippen LogP contribution in [0.3, 0.4) is 0 Å². The minimum absolute atomic E-state index is 0.0997. The highest BCUT2D eigenvalue weighted by Crippen LogP contribution is 2.41. The molecule has 2 heterocycles. The number of allylic oxidation sites excluding steroid dienone is 5. The summed E-state index contributed by atoms with van der Waals surface area (Å²) in [5.41, 5.74) is 2.43. The van der Waals surface area contributed by atoms with Crippen molar-refractivity contribution in [3.8, 4) is 11.5 Å². The fraction of sp³-hybridized carbons (Fsp3) is 0.273. The zero-order chi connectivity index (χ0) is 19.0. The lowest BCUT2D eigenvalue weighted by molar-refractivity contribution is -0.140. The average molecular weight is 363 g/mol. The van der Waals surface area contributed by atoms with Gasteiger partial charge in [-0.1, -0.05) is 42.5 Å². The second-order valence-electron chi connectivity index (χ2n) is 7.12. The summed E-state index contributed by atoms with van der Waals surface area (Å²) in [7, 11) is 0. The van der Waals surface area contributed by atoms with Crippen LogP contribution in [0, 0.1) is 11.8 Å². The molecule has 2 aliphatic heterocycles. The van der Waals surface area contributed by atoms with Gasteiger partial charge in [-0.05, 0) is 19.1 Å². The summed E-state index contributed by atoms with van der Waals surface area (Å²) in [4.78, 5) is 24.6. The van der Waals surface area contributed by atoms with Gasteiger partial charge in [0.2, 0.25) is 0 Å². The van der Waals surface area contributed by atoms with Gasteiger partial charge in [0.15, 0.2) is 0 Å². The van der Waals surface area contributed by atoms with Crippen LogP contribution in [0.25, 0.3) is 0 Å². The van der Waals surface area contributed by atoms with E-state index in [1.807, 2.05) is 31.2 Å². The van der Waals surface area contributed by atoms with E-state index in [1.165, 1.54) is 0 Å². The zero-order valence-electron chi connectivity index (χ0n) is 15.1. The molecule has 0 bridgehead atoms. The SMILES string of the molecule is C=C(C)C1C=CC=C(C(=O)Oc2ccc3c(c2)OC(=O)C2CNCC32)C=C1. The standard InChI is InChI=1S/C22H21NO4/c1-13(2)14-4-3-5-15(7-6-14)21(24)26-16-8-9-17-18-11-23-12-19(18)22(25)27-20(17)10-16/h3-10,14,18-19,23H,1,11-12H2,2H3. The number of carbonyl (C=O) groups excluding carboxylic acids is 2. The average Bonchev–Trinajstić information content (AvgIpc) is 2.99. The van der Waals surface area contributed by atoms with E-state index in [1.54, 1.807) is 24.3 Å². The van der Waals surface area contributed by atoms with Gasteiger partial charge in [0, 0.05) is 36.6 Å². The molecule has 0 radical (unpaired) electrons. The van der Waals surface area contributed by atoms with Gasteiger partial charge in [-0.3, -0.25) is 4.79 Å². The Bertz CT molecular complexity index is 909. The van der Waals surface area contributed by atoms with Crippen molar-refractivity contribution in [2.75, 3.05) is 13.1 Å². The number of rotatable bonds is 3. The van der Waals surface area contributed by atoms with Gasteiger partial charge >= 0.3 is 11.9 Å². The predicted octanol–water partition coefficient (Wildman–Crippen LogP) is 3.06. The van der Waals surface area contributed by atoms with Crippen molar-refractivity contribution in [1.29, 1.82) is 0 Å². The maximum absolute atomic E-state index is 12.5. The third-order valence-corrected chi connectivity index (χ3v) is 5.20. The van der Waals surface area contributed by atoms with Crippen LogP contribution in [-0.4, -0.2) is 25.0 Å². The number of benzene rings is 1. The van der Waals surface area contributed by atoms with E-state index >= 15 is 0 Å². The molecule has 3 unspecified atom stereocenters. The van der Waals surface area contributed by atoms with E-state index in [0.717, 1.165) is 17.7 Å². The molecular formula is C22H21NO4. The first-order valence-electron chi connectivity index (χ1n) is 9.03. The van der Waals surface area contributed by atoms with Gasteiger partial charge < -0.3 is 14.8 Å². The van der Waals surface area contributed by atoms with Crippen molar-refractivity contribution >= 4 is 11.9 Å². The first kappa shape index (κ1) is 17.5. The molecule has 1 N–H and O–H groups in total. The Morgan fingerprint density at radius 3 is 2.89 bits per heavy atom. The lowest BCUT2D eigenvalue weighted by Gasteiger charge is -2.26. The molecule has 1 saturated heterocycles. The van der Waals surface area contributed by atoms with Gasteiger partial charge in [0.1, 0.15) is 11.5 Å². The van der Waals surface area contributed by atoms with Gasteiger partial charge in [-0.2, -0.15) is 0 Å².